The first kappa shape index (κ1) is 15.5. The molecule has 2 unspecified atom stereocenters. The van der Waals surface area contributed by atoms with Crippen LogP contribution in [0.25, 0.3) is 0 Å². The van der Waals surface area contributed by atoms with E-state index >= 15 is 0 Å². The van der Waals surface area contributed by atoms with Crippen molar-refractivity contribution in [1.29, 1.82) is 0 Å². The number of rotatable bonds is 7. The predicted octanol–water partition coefficient (Wildman–Crippen LogP) is 2.80. The normalized spacial score (nSPS) is 22.9. The van der Waals surface area contributed by atoms with Crippen LogP contribution in [0.5, 0.6) is 0 Å². The highest BCUT2D eigenvalue weighted by Crippen LogP contribution is 2.21. The summed E-state index contributed by atoms with van der Waals surface area (Å²) in [6, 6.07) is 0.465. The molecule has 0 aromatic rings. The second kappa shape index (κ2) is 8.52. The van der Waals surface area contributed by atoms with Crippen molar-refractivity contribution in [3.8, 4) is 0 Å². The van der Waals surface area contributed by atoms with Crippen molar-refractivity contribution in [3.05, 3.63) is 0 Å². The molecular formula is C15H30N2O. The molecule has 0 saturated carbocycles. The molecule has 2 atom stereocenters. The highest BCUT2D eigenvalue weighted by molar-refractivity contribution is 5.76. The monoisotopic (exact) mass is 254 g/mol. The van der Waals surface area contributed by atoms with Gasteiger partial charge in [-0.3, -0.25) is 4.79 Å². The Kier molecular flexibility index (Phi) is 7.33. The van der Waals surface area contributed by atoms with E-state index in [-0.39, 0.29) is 0 Å². The van der Waals surface area contributed by atoms with E-state index in [4.69, 9.17) is 0 Å². The second-order valence-electron chi connectivity index (χ2n) is 5.50. The van der Waals surface area contributed by atoms with E-state index < -0.39 is 0 Å². The molecule has 0 aliphatic carbocycles. The Morgan fingerprint density at radius 1 is 1.33 bits per heavy atom. The zero-order valence-corrected chi connectivity index (χ0v) is 12.4. The molecule has 106 valence electrons. The van der Waals surface area contributed by atoms with Crippen LogP contribution in [0.15, 0.2) is 0 Å². The first-order valence-corrected chi connectivity index (χ1v) is 7.72. The number of hydrogen-bond acceptors (Lipinski definition) is 2. The van der Waals surface area contributed by atoms with Gasteiger partial charge in [-0.2, -0.15) is 0 Å². The Hall–Kier alpha value is -0.570. The van der Waals surface area contributed by atoms with Crippen molar-refractivity contribution in [2.24, 2.45) is 5.92 Å². The van der Waals surface area contributed by atoms with E-state index in [0.29, 0.717) is 11.9 Å². The number of nitrogens with one attached hydrogen (secondary N) is 1. The average Bonchev–Trinajstić information content (AvgIpc) is 2.57. The van der Waals surface area contributed by atoms with Crippen LogP contribution in [0.3, 0.4) is 0 Å². The SMILES string of the molecule is CCCNC(CC)CN1CCC(CC)CCC1=O. The fourth-order valence-electron chi connectivity index (χ4n) is 2.65. The molecule has 18 heavy (non-hydrogen) atoms. The van der Waals surface area contributed by atoms with E-state index in [1.54, 1.807) is 0 Å². The lowest BCUT2D eigenvalue weighted by Gasteiger charge is -2.27. The highest BCUT2D eigenvalue weighted by atomic mass is 16.2. The van der Waals surface area contributed by atoms with Crippen LogP contribution in [0, 0.1) is 5.92 Å². The second-order valence-corrected chi connectivity index (χ2v) is 5.50. The molecule has 1 fully saturated rings. The number of carbonyl (C=O) groups excluding carboxylic acids is 1. The molecule has 3 nitrogen and oxygen atoms in total. The van der Waals surface area contributed by atoms with Crippen molar-refractivity contribution >= 4 is 5.91 Å². The molecule has 0 spiro atoms. The van der Waals surface area contributed by atoms with Crippen molar-refractivity contribution in [2.75, 3.05) is 19.6 Å². The van der Waals surface area contributed by atoms with E-state index in [1.165, 1.54) is 12.8 Å². The third kappa shape index (κ3) is 4.97. The molecule has 3 heteroatoms. The van der Waals surface area contributed by atoms with Crippen LogP contribution in [-0.2, 0) is 4.79 Å². The Balaban J connectivity index is 2.45. The fraction of sp³-hybridized carbons (Fsp3) is 0.933. The van der Waals surface area contributed by atoms with E-state index in [1.807, 2.05) is 0 Å². The molecule has 1 rings (SSSR count). The van der Waals surface area contributed by atoms with Gasteiger partial charge in [0, 0.05) is 25.6 Å². The van der Waals surface area contributed by atoms with Crippen molar-refractivity contribution in [1.82, 2.24) is 10.2 Å². The minimum Gasteiger partial charge on any atom is -0.341 e. The predicted molar refractivity (Wildman–Crippen MR) is 76.6 cm³/mol. The Morgan fingerprint density at radius 3 is 2.72 bits per heavy atom. The molecule has 1 N–H and O–H groups in total. The summed E-state index contributed by atoms with van der Waals surface area (Å²) < 4.78 is 0. The number of likely N-dealkylation sites (tertiary alicyclic amines) is 1. The van der Waals surface area contributed by atoms with Crippen molar-refractivity contribution in [3.63, 3.8) is 0 Å². The van der Waals surface area contributed by atoms with Crippen LogP contribution in [0.1, 0.15) is 59.3 Å². The van der Waals surface area contributed by atoms with Crippen LogP contribution in [0.4, 0.5) is 0 Å². The summed E-state index contributed by atoms with van der Waals surface area (Å²) in [5.41, 5.74) is 0. The Bertz CT molecular complexity index is 243. The summed E-state index contributed by atoms with van der Waals surface area (Å²) in [5, 5.41) is 3.54. The zero-order valence-electron chi connectivity index (χ0n) is 12.4. The molecule has 0 aromatic heterocycles. The summed E-state index contributed by atoms with van der Waals surface area (Å²) >= 11 is 0. The number of carbonyl (C=O) groups is 1. The molecule has 0 aromatic carbocycles. The average molecular weight is 254 g/mol. The van der Waals surface area contributed by atoms with Crippen molar-refractivity contribution in [2.45, 2.75) is 65.3 Å². The highest BCUT2D eigenvalue weighted by Gasteiger charge is 2.23. The summed E-state index contributed by atoms with van der Waals surface area (Å²) in [7, 11) is 0. The lowest BCUT2D eigenvalue weighted by molar-refractivity contribution is -0.131. The summed E-state index contributed by atoms with van der Waals surface area (Å²) in [6.07, 6.45) is 6.50. The lowest BCUT2D eigenvalue weighted by atomic mass is 9.98. The van der Waals surface area contributed by atoms with Gasteiger partial charge in [0.25, 0.3) is 0 Å². The summed E-state index contributed by atoms with van der Waals surface area (Å²) in [6.45, 7) is 9.53. The summed E-state index contributed by atoms with van der Waals surface area (Å²) in [4.78, 5) is 14.2. The maximum Gasteiger partial charge on any atom is 0.222 e. The minimum absolute atomic E-state index is 0.364. The third-order valence-electron chi connectivity index (χ3n) is 4.12. The molecule has 1 heterocycles. The van der Waals surface area contributed by atoms with Crippen LogP contribution in [0.2, 0.25) is 0 Å². The standard InChI is InChI=1S/C15H30N2O/c1-4-10-16-14(6-3)12-17-11-9-13(5-2)7-8-15(17)18/h13-14,16H,4-12H2,1-3H3. The van der Waals surface area contributed by atoms with Gasteiger partial charge in [0.05, 0.1) is 0 Å². The largest absolute Gasteiger partial charge is 0.341 e. The third-order valence-corrected chi connectivity index (χ3v) is 4.12. The molecule has 0 radical (unpaired) electrons. The first-order valence-electron chi connectivity index (χ1n) is 7.72. The first-order chi connectivity index (χ1) is 8.71. The smallest absolute Gasteiger partial charge is 0.222 e. The van der Waals surface area contributed by atoms with Crippen LogP contribution >= 0.6 is 0 Å². The molecule has 1 saturated heterocycles. The van der Waals surface area contributed by atoms with Gasteiger partial charge in [-0.25, -0.2) is 0 Å². The maximum absolute atomic E-state index is 12.1. The van der Waals surface area contributed by atoms with E-state index in [9.17, 15) is 4.79 Å². The topological polar surface area (TPSA) is 32.3 Å². The van der Waals surface area contributed by atoms with Crippen LogP contribution in [-0.4, -0.2) is 36.5 Å². The maximum atomic E-state index is 12.1. The van der Waals surface area contributed by atoms with E-state index in [2.05, 4.69) is 31.0 Å². The molecule has 0 bridgehead atoms. The van der Waals surface area contributed by atoms with Gasteiger partial charge in [-0.1, -0.05) is 27.2 Å². The number of amides is 1. The minimum atomic E-state index is 0.364. The van der Waals surface area contributed by atoms with E-state index in [0.717, 1.165) is 51.2 Å². The van der Waals surface area contributed by atoms with Gasteiger partial charge >= 0.3 is 0 Å². The Morgan fingerprint density at radius 2 is 2.11 bits per heavy atom. The number of hydrogen-bond donors (Lipinski definition) is 1. The van der Waals surface area contributed by atoms with Gasteiger partial charge in [0.1, 0.15) is 0 Å². The molecule has 1 aliphatic heterocycles. The van der Waals surface area contributed by atoms with Gasteiger partial charge in [0.15, 0.2) is 0 Å². The Labute approximate surface area is 112 Å². The van der Waals surface area contributed by atoms with Crippen molar-refractivity contribution < 1.29 is 4.79 Å². The number of nitrogens with zero attached hydrogens (tertiary/aromatic N) is 1. The molecule has 1 amide bonds. The van der Waals surface area contributed by atoms with Gasteiger partial charge in [-0.15, -0.1) is 0 Å². The van der Waals surface area contributed by atoms with Gasteiger partial charge < -0.3 is 10.2 Å². The van der Waals surface area contributed by atoms with Gasteiger partial charge in [-0.05, 0) is 38.1 Å². The summed E-state index contributed by atoms with van der Waals surface area (Å²) in [5.74, 6) is 1.12. The molecular weight excluding hydrogens is 224 g/mol. The lowest BCUT2D eigenvalue weighted by Crippen LogP contribution is -2.43. The van der Waals surface area contributed by atoms with Crippen LogP contribution < -0.4 is 5.32 Å². The quantitative estimate of drug-likeness (QED) is 0.757. The van der Waals surface area contributed by atoms with Gasteiger partial charge in [0.2, 0.25) is 5.91 Å². The molecule has 1 aliphatic rings. The zero-order chi connectivity index (χ0) is 13.4. The fourth-order valence-corrected chi connectivity index (χ4v) is 2.65.